The smallest absolute Gasteiger partial charge is 0.221 e. The monoisotopic (exact) mass is 436 g/mol. The molecule has 0 atom stereocenters. The van der Waals surface area contributed by atoms with Crippen molar-refractivity contribution in [2.75, 3.05) is 27.2 Å². The Morgan fingerprint density at radius 3 is 2.65 bits per heavy atom. The van der Waals surface area contributed by atoms with Gasteiger partial charge in [0.2, 0.25) is 5.91 Å². The third-order valence-corrected chi connectivity index (χ3v) is 4.08. The molecule has 0 aromatic rings. The van der Waals surface area contributed by atoms with Crippen molar-refractivity contribution in [2.45, 2.75) is 57.4 Å². The molecule has 5 nitrogen and oxygen atoms in total. The van der Waals surface area contributed by atoms with Gasteiger partial charge in [0.25, 0.3) is 0 Å². The van der Waals surface area contributed by atoms with Crippen LogP contribution < -0.4 is 10.6 Å². The third-order valence-electron chi connectivity index (χ3n) is 4.08. The van der Waals surface area contributed by atoms with Crippen LogP contribution in [0.5, 0.6) is 0 Å². The van der Waals surface area contributed by atoms with E-state index in [0.29, 0.717) is 19.0 Å². The number of nitrogens with zero attached hydrogens (tertiary/aromatic N) is 2. The van der Waals surface area contributed by atoms with Crippen molar-refractivity contribution in [3.8, 4) is 0 Å². The summed E-state index contributed by atoms with van der Waals surface area (Å²) in [6.07, 6.45) is 10.5. The van der Waals surface area contributed by atoms with Crippen LogP contribution in [0.3, 0.4) is 0 Å². The average Bonchev–Trinajstić information content (AvgIpc) is 2.52. The summed E-state index contributed by atoms with van der Waals surface area (Å²) in [5.41, 5.74) is 0. The fourth-order valence-corrected chi connectivity index (χ4v) is 2.80. The number of guanidine groups is 1. The minimum absolute atomic E-state index is 0. The highest BCUT2D eigenvalue weighted by molar-refractivity contribution is 14.0. The van der Waals surface area contributed by atoms with Gasteiger partial charge in [-0.15, -0.1) is 30.6 Å². The number of hydrogen-bond acceptors (Lipinski definition) is 2. The predicted molar refractivity (Wildman–Crippen MR) is 108 cm³/mol. The molecule has 6 heteroatoms. The van der Waals surface area contributed by atoms with Gasteiger partial charge in [-0.25, -0.2) is 0 Å². The summed E-state index contributed by atoms with van der Waals surface area (Å²) in [6, 6.07) is 0.391. The number of halogens is 1. The van der Waals surface area contributed by atoms with E-state index in [9.17, 15) is 4.79 Å². The van der Waals surface area contributed by atoms with E-state index in [1.807, 2.05) is 13.1 Å². The van der Waals surface area contributed by atoms with Crippen LogP contribution in [0.1, 0.15) is 51.4 Å². The summed E-state index contributed by atoms with van der Waals surface area (Å²) in [6.45, 7) is 5.28. The zero-order valence-corrected chi connectivity index (χ0v) is 17.0. The van der Waals surface area contributed by atoms with Crippen LogP contribution in [-0.2, 0) is 4.79 Å². The maximum atomic E-state index is 11.9. The second-order valence-electron chi connectivity index (χ2n) is 5.98. The summed E-state index contributed by atoms with van der Waals surface area (Å²) in [4.78, 5) is 18.3. The van der Waals surface area contributed by atoms with Crippen LogP contribution in [0.2, 0.25) is 0 Å². The second-order valence-corrected chi connectivity index (χ2v) is 5.98. The molecule has 0 aromatic carbocycles. The zero-order valence-electron chi connectivity index (χ0n) is 14.6. The Hall–Kier alpha value is -0.790. The Morgan fingerprint density at radius 1 is 1.35 bits per heavy atom. The number of rotatable bonds is 8. The highest BCUT2D eigenvalue weighted by Crippen LogP contribution is 2.17. The van der Waals surface area contributed by atoms with Gasteiger partial charge in [-0.2, -0.15) is 0 Å². The summed E-state index contributed by atoms with van der Waals surface area (Å²) in [7, 11) is 3.79. The van der Waals surface area contributed by atoms with Crippen molar-refractivity contribution in [1.29, 1.82) is 0 Å². The summed E-state index contributed by atoms with van der Waals surface area (Å²) >= 11 is 0. The molecular weight excluding hydrogens is 403 g/mol. The molecule has 1 saturated carbocycles. The zero-order chi connectivity index (χ0) is 16.2. The fraction of sp³-hybridized carbons (Fsp3) is 0.765. The van der Waals surface area contributed by atoms with E-state index >= 15 is 0 Å². The molecule has 0 saturated heterocycles. The number of allylic oxidation sites excluding steroid dienone is 1. The molecule has 0 aromatic heterocycles. The molecule has 0 radical (unpaired) electrons. The highest BCUT2D eigenvalue weighted by atomic mass is 127. The quantitative estimate of drug-likeness (QED) is 0.202. The number of hydrogen-bond donors (Lipinski definition) is 2. The Labute approximate surface area is 158 Å². The summed E-state index contributed by atoms with van der Waals surface area (Å²) < 4.78 is 0. The number of aliphatic imine (C=N–C) groups is 1. The van der Waals surface area contributed by atoms with E-state index in [-0.39, 0.29) is 29.9 Å². The van der Waals surface area contributed by atoms with Gasteiger partial charge in [-0.3, -0.25) is 9.79 Å². The summed E-state index contributed by atoms with van der Waals surface area (Å²) in [5, 5.41) is 6.39. The lowest BCUT2D eigenvalue weighted by molar-refractivity contribution is -0.121. The van der Waals surface area contributed by atoms with E-state index in [1.165, 1.54) is 19.3 Å². The number of carbonyl (C=O) groups is 1. The van der Waals surface area contributed by atoms with Gasteiger partial charge in [0.05, 0.1) is 0 Å². The molecule has 0 bridgehead atoms. The molecule has 0 unspecified atom stereocenters. The Balaban J connectivity index is 0.00000484. The minimum Gasteiger partial charge on any atom is -0.356 e. The van der Waals surface area contributed by atoms with Crippen LogP contribution >= 0.6 is 24.0 Å². The van der Waals surface area contributed by atoms with E-state index in [4.69, 9.17) is 0 Å². The number of nitrogens with one attached hydrogen (secondary N) is 2. The van der Waals surface area contributed by atoms with Crippen LogP contribution in [0, 0.1) is 0 Å². The van der Waals surface area contributed by atoms with Gasteiger partial charge in [0, 0.05) is 39.6 Å². The first kappa shape index (κ1) is 22.2. The molecular formula is C17H33IN4O. The summed E-state index contributed by atoms with van der Waals surface area (Å²) in [5.74, 6) is 0.985. The van der Waals surface area contributed by atoms with Gasteiger partial charge in [-0.05, 0) is 25.7 Å². The molecule has 1 aliphatic rings. The molecule has 2 N–H and O–H groups in total. The Morgan fingerprint density at radius 2 is 2.04 bits per heavy atom. The van der Waals surface area contributed by atoms with Crippen LogP contribution in [0.15, 0.2) is 17.6 Å². The van der Waals surface area contributed by atoms with Crippen LogP contribution in [0.4, 0.5) is 0 Å². The lowest BCUT2D eigenvalue weighted by Crippen LogP contribution is -2.42. The van der Waals surface area contributed by atoms with E-state index < -0.39 is 0 Å². The van der Waals surface area contributed by atoms with E-state index in [0.717, 1.165) is 38.2 Å². The van der Waals surface area contributed by atoms with Gasteiger partial charge in [0.1, 0.15) is 0 Å². The highest BCUT2D eigenvalue weighted by Gasteiger charge is 2.15. The molecule has 0 spiro atoms. The van der Waals surface area contributed by atoms with Gasteiger partial charge >= 0.3 is 0 Å². The van der Waals surface area contributed by atoms with Gasteiger partial charge in [0.15, 0.2) is 5.96 Å². The largest absolute Gasteiger partial charge is 0.356 e. The standard InChI is InChI=1S/C17H32N4O.HI/c1-4-5-9-14-21(3)17(18-2)19-13-12-16(22)20-15-10-7-6-8-11-15;/h4,15H,1,5-14H2,2-3H3,(H,18,19)(H,20,22);1H. The first-order chi connectivity index (χ1) is 10.7. The van der Waals surface area contributed by atoms with Gasteiger partial charge < -0.3 is 15.5 Å². The normalized spacial score (nSPS) is 15.5. The molecule has 1 fully saturated rings. The Bertz CT molecular complexity index is 368. The number of carbonyl (C=O) groups excluding carboxylic acids is 1. The van der Waals surface area contributed by atoms with Crippen molar-refractivity contribution in [3.05, 3.63) is 12.7 Å². The third kappa shape index (κ3) is 9.84. The Kier molecular flexibility index (Phi) is 13.2. The van der Waals surface area contributed by atoms with Crippen LogP contribution in [-0.4, -0.2) is 50.0 Å². The van der Waals surface area contributed by atoms with Crippen molar-refractivity contribution in [1.82, 2.24) is 15.5 Å². The molecule has 0 aliphatic heterocycles. The number of amides is 1. The molecule has 1 aliphatic carbocycles. The lowest BCUT2D eigenvalue weighted by Gasteiger charge is -2.24. The predicted octanol–water partition coefficient (Wildman–Crippen LogP) is 2.92. The molecule has 23 heavy (non-hydrogen) atoms. The van der Waals surface area contributed by atoms with E-state index in [2.05, 4.69) is 27.1 Å². The van der Waals surface area contributed by atoms with E-state index in [1.54, 1.807) is 7.05 Å². The van der Waals surface area contributed by atoms with Crippen molar-refractivity contribution in [3.63, 3.8) is 0 Å². The van der Waals surface area contributed by atoms with Crippen molar-refractivity contribution >= 4 is 35.8 Å². The maximum absolute atomic E-state index is 11.9. The first-order valence-electron chi connectivity index (χ1n) is 8.49. The fourth-order valence-electron chi connectivity index (χ4n) is 2.80. The molecule has 0 heterocycles. The minimum atomic E-state index is 0. The lowest BCUT2D eigenvalue weighted by atomic mass is 9.95. The average molecular weight is 436 g/mol. The topological polar surface area (TPSA) is 56.7 Å². The van der Waals surface area contributed by atoms with Crippen molar-refractivity contribution < 1.29 is 4.79 Å². The number of unbranched alkanes of at least 4 members (excludes halogenated alkanes) is 1. The SMILES string of the molecule is C=CCCCN(C)C(=NC)NCCC(=O)NC1CCCCC1.I. The van der Waals surface area contributed by atoms with Gasteiger partial charge in [-0.1, -0.05) is 25.3 Å². The second kappa shape index (κ2) is 13.6. The first-order valence-corrected chi connectivity index (χ1v) is 8.49. The molecule has 1 amide bonds. The van der Waals surface area contributed by atoms with Crippen LogP contribution in [0.25, 0.3) is 0 Å². The van der Waals surface area contributed by atoms with Crippen molar-refractivity contribution in [2.24, 2.45) is 4.99 Å². The molecule has 134 valence electrons. The maximum Gasteiger partial charge on any atom is 0.221 e. The molecule has 1 rings (SSSR count).